The van der Waals surface area contributed by atoms with Gasteiger partial charge in [-0.05, 0) is 38.3 Å². The summed E-state index contributed by atoms with van der Waals surface area (Å²) in [5, 5.41) is 8.51. The Labute approximate surface area is 147 Å². The molecule has 138 valence electrons. The van der Waals surface area contributed by atoms with E-state index in [2.05, 4.69) is 19.1 Å². The molecule has 24 heavy (non-hydrogen) atoms. The van der Waals surface area contributed by atoms with Crippen molar-refractivity contribution < 1.29 is 18.1 Å². The topological polar surface area (TPSA) is 74.6 Å². The van der Waals surface area contributed by atoms with Crippen molar-refractivity contribution in [3.05, 3.63) is 42.0 Å². The zero-order valence-electron chi connectivity index (χ0n) is 14.9. The van der Waals surface area contributed by atoms with Crippen molar-refractivity contribution in [1.82, 2.24) is 0 Å². The van der Waals surface area contributed by atoms with Crippen molar-refractivity contribution in [2.45, 2.75) is 70.1 Å². The van der Waals surface area contributed by atoms with Crippen molar-refractivity contribution in [3.63, 3.8) is 0 Å². The first-order valence-electron chi connectivity index (χ1n) is 8.71. The minimum atomic E-state index is -4.02. The van der Waals surface area contributed by atoms with Gasteiger partial charge in [0, 0.05) is 6.61 Å². The number of rotatable bonds is 10. The van der Waals surface area contributed by atoms with Crippen LogP contribution < -0.4 is 0 Å². The highest BCUT2D eigenvalue weighted by atomic mass is 32.2. The molecule has 0 saturated heterocycles. The molecule has 4 nitrogen and oxygen atoms in total. The largest absolute Gasteiger partial charge is 0.396 e. The second kappa shape index (κ2) is 14.2. The Morgan fingerprint density at radius 3 is 2.00 bits per heavy atom. The van der Waals surface area contributed by atoms with Gasteiger partial charge in [0.2, 0.25) is 0 Å². The van der Waals surface area contributed by atoms with E-state index in [1.807, 2.05) is 6.92 Å². The van der Waals surface area contributed by atoms with Crippen LogP contribution in [0.1, 0.15) is 63.9 Å². The molecule has 0 heterocycles. The number of aliphatic hydroxyl groups is 1. The lowest BCUT2D eigenvalue weighted by molar-refractivity contribution is 0.302. The molecule has 1 aromatic carbocycles. The molecule has 1 rings (SSSR count). The van der Waals surface area contributed by atoms with Crippen LogP contribution in [0.3, 0.4) is 0 Å². The number of aliphatic hydroxyl groups excluding tert-OH is 1. The van der Waals surface area contributed by atoms with Gasteiger partial charge in [0.25, 0.3) is 10.1 Å². The van der Waals surface area contributed by atoms with E-state index in [4.69, 9.17) is 9.66 Å². The highest BCUT2D eigenvalue weighted by molar-refractivity contribution is 7.85. The van der Waals surface area contributed by atoms with Gasteiger partial charge < -0.3 is 5.11 Å². The van der Waals surface area contributed by atoms with Gasteiger partial charge >= 0.3 is 0 Å². The first kappa shape index (κ1) is 22.8. The van der Waals surface area contributed by atoms with E-state index in [9.17, 15) is 8.42 Å². The van der Waals surface area contributed by atoms with Crippen molar-refractivity contribution in [1.29, 1.82) is 0 Å². The Hall–Kier alpha value is -1.17. The summed E-state index contributed by atoms with van der Waals surface area (Å²) in [6.07, 6.45) is 14.5. The summed E-state index contributed by atoms with van der Waals surface area (Å²) in [4.78, 5) is -0.0666. The Balaban J connectivity index is 0.000000446. The Morgan fingerprint density at radius 2 is 1.46 bits per heavy atom. The van der Waals surface area contributed by atoms with Crippen molar-refractivity contribution >= 4 is 10.1 Å². The smallest absolute Gasteiger partial charge is 0.294 e. The highest BCUT2D eigenvalue weighted by Crippen LogP contribution is 2.08. The predicted octanol–water partition coefficient (Wildman–Crippen LogP) is 4.92. The SMILES string of the molecule is CCCCCCCCC=CCCO.Cc1ccc(S(=O)(=O)O)cc1. The van der Waals surface area contributed by atoms with Gasteiger partial charge in [-0.1, -0.05) is 68.9 Å². The van der Waals surface area contributed by atoms with Crippen LogP contribution in [-0.4, -0.2) is 24.7 Å². The van der Waals surface area contributed by atoms with Crippen LogP contribution in [-0.2, 0) is 10.1 Å². The quantitative estimate of drug-likeness (QED) is 0.354. The van der Waals surface area contributed by atoms with Crippen molar-refractivity contribution in [3.8, 4) is 0 Å². The molecule has 0 radical (unpaired) electrons. The van der Waals surface area contributed by atoms with Gasteiger partial charge in [0.1, 0.15) is 0 Å². The van der Waals surface area contributed by atoms with E-state index >= 15 is 0 Å². The molecule has 5 heteroatoms. The summed E-state index contributed by atoms with van der Waals surface area (Å²) in [7, 11) is -4.02. The lowest BCUT2D eigenvalue weighted by Crippen LogP contribution is -1.96. The first-order valence-corrected chi connectivity index (χ1v) is 10.2. The second-order valence-electron chi connectivity index (χ2n) is 5.83. The summed E-state index contributed by atoms with van der Waals surface area (Å²) < 4.78 is 29.6. The lowest BCUT2D eigenvalue weighted by Gasteiger charge is -1.97. The maximum atomic E-state index is 10.5. The van der Waals surface area contributed by atoms with Crippen LogP contribution in [0.2, 0.25) is 0 Å². The molecule has 0 aliphatic rings. The average Bonchev–Trinajstić information content (AvgIpc) is 2.53. The van der Waals surface area contributed by atoms with Gasteiger partial charge in [0.05, 0.1) is 4.90 Å². The lowest BCUT2D eigenvalue weighted by atomic mass is 10.1. The number of benzene rings is 1. The standard InChI is InChI=1S/C12H24O.C7H8O3S/c1-2-3-4-5-6-7-8-9-10-11-12-13;1-6-2-4-7(5-3-6)11(8,9)10/h9-10,13H,2-8,11-12H2,1H3;2-5H,1H3,(H,8,9,10). The van der Waals surface area contributed by atoms with Crippen LogP contribution in [0, 0.1) is 6.92 Å². The third-order valence-electron chi connectivity index (χ3n) is 3.51. The van der Waals surface area contributed by atoms with Crippen molar-refractivity contribution in [2.75, 3.05) is 6.61 Å². The molecule has 0 saturated carbocycles. The minimum Gasteiger partial charge on any atom is -0.396 e. The fraction of sp³-hybridized carbons (Fsp3) is 0.579. The van der Waals surface area contributed by atoms with E-state index in [1.54, 1.807) is 12.1 Å². The van der Waals surface area contributed by atoms with Gasteiger partial charge in [-0.15, -0.1) is 0 Å². The molecule has 0 spiro atoms. The molecular weight excluding hydrogens is 324 g/mol. The summed E-state index contributed by atoms with van der Waals surface area (Å²) >= 11 is 0. The van der Waals surface area contributed by atoms with Gasteiger partial charge in [-0.25, -0.2) is 0 Å². The van der Waals surface area contributed by atoms with Crippen LogP contribution in [0.4, 0.5) is 0 Å². The van der Waals surface area contributed by atoms with Crippen LogP contribution in [0.25, 0.3) is 0 Å². The molecule has 0 amide bonds. The molecule has 0 aliphatic heterocycles. The minimum absolute atomic E-state index is 0.0666. The van der Waals surface area contributed by atoms with Gasteiger partial charge in [-0.2, -0.15) is 8.42 Å². The molecule has 1 aromatic rings. The maximum absolute atomic E-state index is 10.5. The summed E-state index contributed by atoms with van der Waals surface area (Å²) in [6, 6.07) is 5.99. The third kappa shape index (κ3) is 13.3. The molecular formula is C19H32O4S. The van der Waals surface area contributed by atoms with Crippen LogP contribution in [0.5, 0.6) is 0 Å². The fourth-order valence-corrected chi connectivity index (χ4v) is 2.54. The summed E-state index contributed by atoms with van der Waals surface area (Å²) in [5.74, 6) is 0. The Kier molecular flexibility index (Phi) is 13.5. The number of allylic oxidation sites excluding steroid dienone is 1. The van der Waals surface area contributed by atoms with E-state index in [0.717, 1.165) is 12.0 Å². The highest BCUT2D eigenvalue weighted by Gasteiger charge is 2.06. The molecule has 0 bridgehead atoms. The van der Waals surface area contributed by atoms with Crippen LogP contribution >= 0.6 is 0 Å². The number of aryl methyl sites for hydroxylation is 1. The Bertz CT molecular complexity index is 533. The second-order valence-corrected chi connectivity index (χ2v) is 7.25. The van der Waals surface area contributed by atoms with E-state index in [0.29, 0.717) is 0 Å². The first-order chi connectivity index (χ1) is 11.4. The summed E-state index contributed by atoms with van der Waals surface area (Å²) in [6.45, 7) is 4.37. The van der Waals surface area contributed by atoms with E-state index in [1.165, 1.54) is 57.1 Å². The molecule has 0 unspecified atom stereocenters. The zero-order valence-corrected chi connectivity index (χ0v) is 15.8. The summed E-state index contributed by atoms with van der Waals surface area (Å²) in [5.41, 5.74) is 0.956. The molecule has 2 N–H and O–H groups in total. The van der Waals surface area contributed by atoms with Gasteiger partial charge in [0.15, 0.2) is 0 Å². The Morgan fingerprint density at radius 1 is 0.917 bits per heavy atom. The number of hydrogen-bond donors (Lipinski definition) is 2. The third-order valence-corrected chi connectivity index (χ3v) is 4.37. The average molecular weight is 357 g/mol. The predicted molar refractivity (Wildman–Crippen MR) is 99.8 cm³/mol. The normalized spacial score (nSPS) is 11.3. The van der Waals surface area contributed by atoms with Crippen LogP contribution in [0.15, 0.2) is 41.3 Å². The molecule has 0 fully saturated rings. The molecule has 0 atom stereocenters. The van der Waals surface area contributed by atoms with E-state index < -0.39 is 10.1 Å². The fourth-order valence-electron chi connectivity index (χ4n) is 2.06. The van der Waals surface area contributed by atoms with Gasteiger partial charge in [-0.3, -0.25) is 4.55 Å². The number of unbranched alkanes of at least 4 members (excludes halogenated alkanes) is 6. The monoisotopic (exact) mass is 356 g/mol. The number of hydrogen-bond acceptors (Lipinski definition) is 3. The molecule has 0 aliphatic carbocycles. The molecule has 0 aromatic heterocycles. The maximum Gasteiger partial charge on any atom is 0.294 e. The van der Waals surface area contributed by atoms with E-state index in [-0.39, 0.29) is 11.5 Å². The zero-order chi connectivity index (χ0) is 18.3. The van der Waals surface area contributed by atoms with Crippen molar-refractivity contribution in [2.24, 2.45) is 0 Å².